The number of fused-ring (bicyclic) bond motifs is 1. The first kappa shape index (κ1) is 20.2. The molecule has 0 saturated carbocycles. The van der Waals surface area contributed by atoms with Crippen LogP contribution in [0.15, 0.2) is 29.2 Å². The minimum Gasteiger partial charge on any atom is -0.451 e. The number of benzene rings is 1. The topological polar surface area (TPSA) is 79.5 Å². The van der Waals surface area contributed by atoms with Gasteiger partial charge in [-0.1, -0.05) is 19.1 Å². The SMILES string of the molecule is CC(=O)c1c(C)[nH]c(C(=O)OCC(=O)N2CC[C@@H](C)Sc3ccccc32)c1C. The van der Waals surface area contributed by atoms with Gasteiger partial charge >= 0.3 is 5.97 Å². The molecule has 6 nitrogen and oxygen atoms in total. The van der Waals surface area contributed by atoms with E-state index in [9.17, 15) is 14.4 Å². The number of esters is 1. The highest BCUT2D eigenvalue weighted by Crippen LogP contribution is 2.37. The second kappa shape index (κ2) is 8.22. The Bertz CT molecular complexity index is 934. The van der Waals surface area contributed by atoms with Gasteiger partial charge in [0.2, 0.25) is 0 Å². The monoisotopic (exact) mass is 400 g/mol. The van der Waals surface area contributed by atoms with Crippen molar-refractivity contribution in [1.29, 1.82) is 0 Å². The largest absolute Gasteiger partial charge is 0.451 e. The molecule has 0 bridgehead atoms. The lowest BCUT2D eigenvalue weighted by Crippen LogP contribution is -2.35. The third-order valence-electron chi connectivity index (χ3n) is 4.86. The molecule has 1 aromatic carbocycles. The molecule has 2 aromatic rings. The lowest BCUT2D eigenvalue weighted by Gasteiger charge is -2.22. The van der Waals surface area contributed by atoms with Crippen molar-refractivity contribution in [2.75, 3.05) is 18.1 Å². The zero-order valence-electron chi connectivity index (χ0n) is 16.5. The van der Waals surface area contributed by atoms with Gasteiger partial charge in [-0.25, -0.2) is 4.79 Å². The first-order chi connectivity index (χ1) is 13.3. The third kappa shape index (κ3) is 3.99. The summed E-state index contributed by atoms with van der Waals surface area (Å²) >= 11 is 1.75. The molecule has 1 aromatic heterocycles. The number of nitrogens with one attached hydrogen (secondary N) is 1. The normalized spacial score (nSPS) is 16.3. The molecule has 2 heterocycles. The van der Waals surface area contributed by atoms with E-state index in [1.54, 1.807) is 30.5 Å². The number of hydrogen-bond donors (Lipinski definition) is 1. The Kier molecular flexibility index (Phi) is 5.93. The summed E-state index contributed by atoms with van der Waals surface area (Å²) in [6, 6.07) is 7.77. The predicted octanol–water partition coefficient (Wildman–Crippen LogP) is 3.91. The van der Waals surface area contributed by atoms with E-state index in [1.165, 1.54) is 6.92 Å². The van der Waals surface area contributed by atoms with Crippen LogP contribution in [0.1, 0.15) is 52.4 Å². The summed E-state index contributed by atoms with van der Waals surface area (Å²) in [6.07, 6.45) is 0.857. The quantitative estimate of drug-likeness (QED) is 0.622. The minimum atomic E-state index is -0.632. The number of aromatic amines is 1. The number of hydrogen-bond acceptors (Lipinski definition) is 5. The Morgan fingerprint density at radius 3 is 2.64 bits per heavy atom. The predicted molar refractivity (Wildman–Crippen MR) is 109 cm³/mol. The number of carbonyl (C=O) groups is 3. The van der Waals surface area contributed by atoms with Crippen LogP contribution in [0.4, 0.5) is 5.69 Å². The van der Waals surface area contributed by atoms with E-state index >= 15 is 0 Å². The van der Waals surface area contributed by atoms with Crippen LogP contribution in [0.2, 0.25) is 0 Å². The van der Waals surface area contributed by atoms with E-state index in [1.807, 2.05) is 24.3 Å². The number of aromatic nitrogens is 1. The molecule has 148 valence electrons. The van der Waals surface area contributed by atoms with Crippen LogP contribution in [0.3, 0.4) is 0 Å². The standard InChI is InChI=1S/C21H24N2O4S/c1-12-9-10-23(16-7-5-6-8-17(16)28-12)18(25)11-27-21(26)20-13(2)19(15(4)24)14(3)22-20/h5-8,12,22H,9-11H2,1-4H3/t12-/m1/s1. The highest BCUT2D eigenvalue weighted by atomic mass is 32.2. The number of ketones is 1. The van der Waals surface area contributed by atoms with Gasteiger partial charge in [-0.3, -0.25) is 9.59 Å². The summed E-state index contributed by atoms with van der Waals surface area (Å²) in [6.45, 7) is 7.26. The number of para-hydroxylation sites is 1. The van der Waals surface area contributed by atoms with Crippen LogP contribution < -0.4 is 4.90 Å². The summed E-state index contributed by atoms with van der Waals surface area (Å²) in [7, 11) is 0. The fourth-order valence-corrected chi connectivity index (χ4v) is 4.62. The van der Waals surface area contributed by atoms with Crippen molar-refractivity contribution < 1.29 is 19.1 Å². The van der Waals surface area contributed by atoms with Gasteiger partial charge < -0.3 is 14.6 Å². The minimum absolute atomic E-state index is 0.117. The molecule has 1 atom stereocenters. The second-order valence-electron chi connectivity index (χ2n) is 6.99. The second-order valence-corrected chi connectivity index (χ2v) is 8.47. The van der Waals surface area contributed by atoms with Crippen molar-refractivity contribution in [2.45, 2.75) is 44.3 Å². The van der Waals surface area contributed by atoms with Crippen LogP contribution in [0.25, 0.3) is 0 Å². The van der Waals surface area contributed by atoms with Crippen LogP contribution in [0, 0.1) is 13.8 Å². The molecule has 0 unspecified atom stereocenters. The molecule has 1 N–H and O–H groups in total. The third-order valence-corrected chi connectivity index (χ3v) is 6.10. The summed E-state index contributed by atoms with van der Waals surface area (Å²) in [5, 5.41) is 0.399. The average molecular weight is 401 g/mol. The summed E-state index contributed by atoms with van der Waals surface area (Å²) in [5.74, 6) is -1.01. The number of nitrogens with zero attached hydrogens (tertiary/aromatic N) is 1. The number of Topliss-reactive ketones (excluding diaryl/α,β-unsaturated/α-hetero) is 1. The van der Waals surface area contributed by atoms with Gasteiger partial charge in [0.15, 0.2) is 12.4 Å². The van der Waals surface area contributed by atoms with Gasteiger partial charge in [0.05, 0.1) is 5.69 Å². The molecule has 7 heteroatoms. The van der Waals surface area contributed by atoms with Crippen LogP contribution in [-0.2, 0) is 9.53 Å². The number of H-pyrrole nitrogens is 1. The highest BCUT2D eigenvalue weighted by Gasteiger charge is 2.26. The Hall–Kier alpha value is -2.54. The number of carbonyl (C=O) groups excluding carboxylic acids is 3. The Labute approximate surface area is 168 Å². The molecule has 1 aliphatic rings. The Morgan fingerprint density at radius 1 is 1.25 bits per heavy atom. The fourth-order valence-electron chi connectivity index (χ4n) is 3.51. The lowest BCUT2D eigenvalue weighted by molar-refractivity contribution is -0.121. The molecule has 0 radical (unpaired) electrons. The molecule has 0 fully saturated rings. The summed E-state index contributed by atoms with van der Waals surface area (Å²) in [4.78, 5) is 42.6. The van der Waals surface area contributed by atoms with Crippen LogP contribution >= 0.6 is 11.8 Å². The molecular weight excluding hydrogens is 376 g/mol. The molecule has 0 aliphatic carbocycles. The first-order valence-electron chi connectivity index (χ1n) is 9.22. The van der Waals surface area contributed by atoms with Gasteiger partial charge in [-0.2, -0.15) is 0 Å². The van der Waals surface area contributed by atoms with Gasteiger partial charge in [0, 0.05) is 27.9 Å². The summed E-state index contributed by atoms with van der Waals surface area (Å²) < 4.78 is 5.28. The maximum absolute atomic E-state index is 12.8. The molecule has 1 aliphatic heterocycles. The van der Waals surface area contributed by atoms with Crippen molar-refractivity contribution >= 4 is 35.1 Å². The fraction of sp³-hybridized carbons (Fsp3) is 0.381. The van der Waals surface area contributed by atoms with Gasteiger partial charge in [0.1, 0.15) is 5.69 Å². The number of thioether (sulfide) groups is 1. The smallest absolute Gasteiger partial charge is 0.355 e. The van der Waals surface area contributed by atoms with E-state index in [2.05, 4.69) is 11.9 Å². The number of aryl methyl sites for hydroxylation is 1. The van der Waals surface area contributed by atoms with E-state index in [0.717, 1.165) is 17.0 Å². The Balaban J connectivity index is 1.73. The van der Waals surface area contributed by atoms with Crippen molar-refractivity contribution in [3.05, 3.63) is 46.8 Å². The maximum atomic E-state index is 12.8. The van der Waals surface area contributed by atoms with Gasteiger partial charge in [-0.15, -0.1) is 11.8 Å². The molecule has 1 amide bonds. The van der Waals surface area contributed by atoms with Gasteiger partial charge in [-0.05, 0) is 44.9 Å². The van der Waals surface area contributed by atoms with Crippen molar-refractivity contribution in [1.82, 2.24) is 4.98 Å². The van der Waals surface area contributed by atoms with Crippen molar-refractivity contribution in [2.24, 2.45) is 0 Å². The van der Waals surface area contributed by atoms with E-state index in [0.29, 0.717) is 28.6 Å². The number of amides is 1. The van der Waals surface area contributed by atoms with E-state index < -0.39 is 5.97 Å². The van der Waals surface area contributed by atoms with E-state index in [-0.39, 0.29) is 24.0 Å². The lowest BCUT2D eigenvalue weighted by atomic mass is 10.1. The molecular formula is C21H24N2O4S. The molecule has 0 spiro atoms. The highest BCUT2D eigenvalue weighted by molar-refractivity contribution is 8.00. The number of anilines is 1. The van der Waals surface area contributed by atoms with Crippen molar-refractivity contribution in [3.8, 4) is 0 Å². The van der Waals surface area contributed by atoms with E-state index in [4.69, 9.17) is 4.74 Å². The Morgan fingerprint density at radius 2 is 1.96 bits per heavy atom. The number of rotatable bonds is 4. The molecule has 28 heavy (non-hydrogen) atoms. The first-order valence-corrected chi connectivity index (χ1v) is 10.1. The maximum Gasteiger partial charge on any atom is 0.355 e. The van der Waals surface area contributed by atoms with Gasteiger partial charge in [0.25, 0.3) is 5.91 Å². The van der Waals surface area contributed by atoms with Crippen LogP contribution in [0.5, 0.6) is 0 Å². The van der Waals surface area contributed by atoms with Crippen molar-refractivity contribution in [3.63, 3.8) is 0 Å². The average Bonchev–Trinajstić information content (AvgIpc) is 2.84. The summed E-state index contributed by atoms with van der Waals surface area (Å²) in [5.41, 5.74) is 2.73. The number of ether oxygens (including phenoxy) is 1. The zero-order valence-corrected chi connectivity index (χ0v) is 17.3. The zero-order chi connectivity index (χ0) is 20.4. The molecule has 3 rings (SSSR count). The molecule has 0 saturated heterocycles. The van der Waals surface area contributed by atoms with Crippen LogP contribution in [-0.4, -0.2) is 41.0 Å².